The molecule has 0 aliphatic carbocycles. The second-order valence-corrected chi connectivity index (χ2v) is 7.28. The van der Waals surface area contributed by atoms with E-state index in [9.17, 15) is 13.5 Å². The molecular formula is C12H21ClFN3O2S. The Morgan fingerprint density at radius 3 is 2.45 bits per heavy atom. The van der Waals surface area contributed by atoms with Crippen molar-refractivity contribution in [2.45, 2.75) is 25.9 Å². The number of rotatable bonds is 2. The Kier molecular flexibility index (Phi) is 4.95. The molecule has 2 rings (SSSR count). The number of halogens is 2. The number of hydrogen-bond acceptors (Lipinski definition) is 5. The van der Waals surface area contributed by atoms with Gasteiger partial charge < -0.3 is 5.73 Å². The smallest absolute Gasteiger partial charge is 0.125 e. The molecule has 1 aromatic rings. The van der Waals surface area contributed by atoms with E-state index in [1.165, 1.54) is 20.7 Å². The predicted molar refractivity (Wildman–Crippen MR) is 83.6 cm³/mol. The van der Waals surface area contributed by atoms with Crippen molar-refractivity contribution in [3.63, 3.8) is 0 Å². The molecule has 0 saturated carbocycles. The molecule has 0 amide bonds. The van der Waals surface area contributed by atoms with Crippen LogP contribution in [0, 0.1) is 5.82 Å². The first-order chi connectivity index (χ1) is 8.70. The van der Waals surface area contributed by atoms with Crippen LogP contribution < -0.4 is 10.0 Å². The minimum Gasteiger partial charge on any atom is -0.326 e. The van der Waals surface area contributed by atoms with Crippen LogP contribution in [0.1, 0.15) is 19.4 Å². The van der Waals surface area contributed by atoms with Gasteiger partial charge in [0.25, 0.3) is 0 Å². The average Bonchev–Trinajstić information content (AvgIpc) is 2.49. The van der Waals surface area contributed by atoms with Gasteiger partial charge in [0.1, 0.15) is 5.82 Å². The van der Waals surface area contributed by atoms with E-state index in [4.69, 9.17) is 5.73 Å². The fraction of sp³-hybridized carbons (Fsp3) is 0.500. The van der Waals surface area contributed by atoms with E-state index >= 15 is 0 Å². The quantitative estimate of drug-likeness (QED) is 0.779. The maximum absolute atomic E-state index is 13.4. The van der Waals surface area contributed by atoms with E-state index < -0.39 is 22.3 Å². The van der Waals surface area contributed by atoms with Gasteiger partial charge in [-0.2, -0.15) is 4.31 Å². The minimum absolute atomic E-state index is 0. The van der Waals surface area contributed by atoms with Crippen LogP contribution in [-0.2, 0) is 6.54 Å². The summed E-state index contributed by atoms with van der Waals surface area (Å²) in [6.45, 7) is 4.42. The van der Waals surface area contributed by atoms with Gasteiger partial charge in [0.05, 0.1) is 17.8 Å². The first-order valence-electron chi connectivity index (χ1n) is 5.98. The van der Waals surface area contributed by atoms with Crippen molar-refractivity contribution < 1.29 is 13.5 Å². The molecule has 0 radical (unpaired) electrons. The van der Waals surface area contributed by atoms with E-state index in [1.807, 2.05) is 13.8 Å². The Balaban J connectivity index is 0.00000200. The highest BCUT2D eigenvalue weighted by molar-refractivity contribution is 8.23. The molecule has 1 saturated heterocycles. The molecule has 0 aromatic heterocycles. The summed E-state index contributed by atoms with van der Waals surface area (Å²) in [7, 11) is -1.48. The standard InChI is InChI=1S/C12H20FN3O2S.ClH/c1-12(2)8-16(19(17,18)15(12)3)11-6-10(13)5-4-9(11)7-14;/h4-6,17-18H,7-8,14H2,1-3H3;1H. The molecule has 1 heterocycles. The summed E-state index contributed by atoms with van der Waals surface area (Å²) >= 11 is 0. The molecule has 116 valence electrons. The third kappa shape index (κ3) is 2.74. The molecule has 0 unspecified atom stereocenters. The Morgan fingerprint density at radius 2 is 2.00 bits per heavy atom. The highest BCUT2D eigenvalue weighted by atomic mass is 35.5. The molecule has 1 fully saturated rings. The monoisotopic (exact) mass is 325 g/mol. The van der Waals surface area contributed by atoms with E-state index in [1.54, 1.807) is 13.1 Å². The molecule has 1 aliphatic heterocycles. The lowest BCUT2D eigenvalue weighted by Gasteiger charge is -2.43. The van der Waals surface area contributed by atoms with Gasteiger partial charge in [-0.25, -0.2) is 4.39 Å². The predicted octanol–water partition coefficient (Wildman–Crippen LogP) is 2.82. The van der Waals surface area contributed by atoms with Gasteiger partial charge >= 0.3 is 0 Å². The summed E-state index contributed by atoms with van der Waals surface area (Å²) < 4.78 is 37.1. The zero-order chi connectivity index (χ0) is 14.4. The van der Waals surface area contributed by atoms with Crippen LogP contribution in [0.5, 0.6) is 0 Å². The van der Waals surface area contributed by atoms with Gasteiger partial charge in [-0.1, -0.05) is 17.0 Å². The van der Waals surface area contributed by atoms with Crippen LogP contribution in [-0.4, -0.2) is 32.5 Å². The van der Waals surface area contributed by atoms with Gasteiger partial charge in [-0.15, -0.1) is 12.4 Å². The van der Waals surface area contributed by atoms with Crippen LogP contribution in [0.25, 0.3) is 0 Å². The third-order valence-electron chi connectivity index (χ3n) is 3.58. The average molecular weight is 326 g/mol. The van der Waals surface area contributed by atoms with Gasteiger partial charge in [0, 0.05) is 13.6 Å². The lowest BCUT2D eigenvalue weighted by molar-refractivity contribution is 0.283. The number of benzene rings is 1. The zero-order valence-electron chi connectivity index (χ0n) is 11.7. The summed E-state index contributed by atoms with van der Waals surface area (Å²) in [4.78, 5) is 0. The highest BCUT2D eigenvalue weighted by Gasteiger charge is 2.47. The number of nitrogens with two attached hydrogens (primary N) is 1. The van der Waals surface area contributed by atoms with Crippen molar-refractivity contribution in [3.8, 4) is 0 Å². The molecular weight excluding hydrogens is 305 g/mol. The van der Waals surface area contributed by atoms with E-state index in [0.717, 1.165) is 0 Å². The largest absolute Gasteiger partial charge is 0.326 e. The van der Waals surface area contributed by atoms with Crippen LogP contribution in [0.3, 0.4) is 0 Å². The second-order valence-electron chi connectivity index (χ2n) is 5.31. The van der Waals surface area contributed by atoms with Gasteiger partial charge in [0.2, 0.25) is 0 Å². The lowest BCUT2D eigenvalue weighted by atomic mass is 10.1. The van der Waals surface area contributed by atoms with Gasteiger partial charge in [-0.3, -0.25) is 13.4 Å². The topological polar surface area (TPSA) is 73.0 Å². The van der Waals surface area contributed by atoms with Gasteiger partial charge in [-0.05, 0) is 31.5 Å². The van der Waals surface area contributed by atoms with Crippen molar-refractivity contribution in [1.29, 1.82) is 0 Å². The maximum atomic E-state index is 13.4. The summed E-state index contributed by atoms with van der Waals surface area (Å²) in [6.07, 6.45) is 0. The Morgan fingerprint density at radius 1 is 1.40 bits per heavy atom. The lowest BCUT2D eigenvalue weighted by Crippen LogP contribution is -2.37. The van der Waals surface area contributed by atoms with Crippen LogP contribution in [0.15, 0.2) is 18.2 Å². The zero-order valence-corrected chi connectivity index (χ0v) is 13.3. The number of anilines is 1. The van der Waals surface area contributed by atoms with Crippen molar-refractivity contribution in [1.82, 2.24) is 4.31 Å². The minimum atomic E-state index is -3.13. The summed E-state index contributed by atoms with van der Waals surface area (Å²) in [5, 5.41) is 0. The number of nitrogens with zero attached hydrogens (tertiary/aromatic N) is 2. The fourth-order valence-electron chi connectivity index (χ4n) is 2.18. The fourth-order valence-corrected chi connectivity index (χ4v) is 4.12. The molecule has 0 atom stereocenters. The van der Waals surface area contributed by atoms with Crippen LogP contribution in [0.2, 0.25) is 0 Å². The summed E-state index contributed by atoms with van der Waals surface area (Å²) in [5.74, 6) is -0.422. The molecule has 8 heteroatoms. The third-order valence-corrected chi connectivity index (χ3v) is 5.73. The molecule has 0 spiro atoms. The number of hydrogen-bond donors (Lipinski definition) is 3. The summed E-state index contributed by atoms with van der Waals surface area (Å²) in [5.41, 5.74) is 6.35. The van der Waals surface area contributed by atoms with Crippen molar-refractivity contribution in [2.24, 2.45) is 5.73 Å². The van der Waals surface area contributed by atoms with E-state index in [2.05, 4.69) is 0 Å². The second kappa shape index (κ2) is 5.67. The van der Waals surface area contributed by atoms with Crippen LogP contribution in [0.4, 0.5) is 10.1 Å². The molecule has 4 N–H and O–H groups in total. The highest BCUT2D eigenvalue weighted by Crippen LogP contribution is 2.58. The Hall–Kier alpha value is -0.570. The van der Waals surface area contributed by atoms with Gasteiger partial charge in [0.15, 0.2) is 0 Å². The molecule has 1 aliphatic rings. The Bertz CT molecular complexity index is 502. The normalized spacial score (nSPS) is 22.4. The van der Waals surface area contributed by atoms with Crippen molar-refractivity contribution >= 4 is 29.1 Å². The summed E-state index contributed by atoms with van der Waals surface area (Å²) in [6, 6.07) is 4.19. The molecule has 5 nitrogen and oxygen atoms in total. The molecule has 20 heavy (non-hydrogen) atoms. The van der Waals surface area contributed by atoms with E-state index in [0.29, 0.717) is 17.8 Å². The van der Waals surface area contributed by atoms with Crippen molar-refractivity contribution in [2.75, 3.05) is 17.9 Å². The first kappa shape index (κ1) is 17.5. The van der Waals surface area contributed by atoms with Crippen LogP contribution >= 0.6 is 23.4 Å². The number of likely N-dealkylation sites (N-methyl/N-ethyl adjacent to an activating group) is 1. The Labute approximate surface area is 126 Å². The maximum Gasteiger partial charge on any atom is 0.125 e. The van der Waals surface area contributed by atoms with E-state index in [-0.39, 0.29) is 19.0 Å². The van der Waals surface area contributed by atoms with Crippen molar-refractivity contribution in [3.05, 3.63) is 29.6 Å². The first-order valence-corrected chi connectivity index (χ1v) is 7.44. The molecule has 1 aromatic carbocycles. The SMILES string of the molecule is CN1C(C)(C)CN(c2cc(F)ccc2CN)S1(O)O.Cl. The molecule has 0 bridgehead atoms.